The van der Waals surface area contributed by atoms with E-state index in [4.69, 9.17) is 0 Å². The Morgan fingerprint density at radius 3 is 2.14 bits per heavy atom. The third-order valence-electron chi connectivity index (χ3n) is 2.98. The maximum Gasteiger partial charge on any atom is 0.387 e. The molecule has 0 fully saturated rings. The largest absolute Gasteiger partial charge is 0.435 e. The molecule has 0 aliphatic rings. The van der Waals surface area contributed by atoms with Gasteiger partial charge in [-0.3, -0.25) is 4.79 Å². The molecule has 0 unspecified atom stereocenters. The van der Waals surface area contributed by atoms with Gasteiger partial charge in [-0.1, -0.05) is 0 Å². The normalized spacial score (nSPS) is 10.4. The van der Waals surface area contributed by atoms with E-state index in [0.717, 1.165) is 5.69 Å². The maximum atomic E-state index is 12.1. The Bertz CT molecular complexity index is 626. The molecule has 2 aromatic rings. The molecule has 0 bridgehead atoms. The lowest BCUT2D eigenvalue weighted by Crippen LogP contribution is -2.13. The van der Waals surface area contributed by atoms with Crippen molar-refractivity contribution in [3.8, 4) is 5.75 Å². The summed E-state index contributed by atoms with van der Waals surface area (Å²) < 4.78 is 28.3. The van der Waals surface area contributed by atoms with Crippen LogP contribution in [0, 0.1) is 0 Å². The Morgan fingerprint density at radius 1 is 1.05 bits per heavy atom. The van der Waals surface area contributed by atoms with E-state index in [9.17, 15) is 13.6 Å². The summed E-state index contributed by atoms with van der Waals surface area (Å²) in [5, 5.41) is 2.69. The van der Waals surface area contributed by atoms with Crippen molar-refractivity contribution in [1.82, 2.24) is 0 Å². The van der Waals surface area contributed by atoms with Crippen molar-refractivity contribution in [3.05, 3.63) is 54.1 Å². The van der Waals surface area contributed by atoms with E-state index in [1.54, 1.807) is 12.1 Å². The number of rotatable bonds is 5. The zero-order valence-electron chi connectivity index (χ0n) is 12.2. The molecule has 116 valence electrons. The van der Waals surface area contributed by atoms with Crippen LogP contribution in [-0.4, -0.2) is 26.6 Å². The van der Waals surface area contributed by atoms with Gasteiger partial charge in [-0.15, -0.1) is 0 Å². The zero-order valence-corrected chi connectivity index (χ0v) is 12.2. The molecular formula is C16H16F2N2O2. The summed E-state index contributed by atoms with van der Waals surface area (Å²) in [5.74, 6) is -0.226. The molecule has 0 heterocycles. The molecule has 2 rings (SSSR count). The molecule has 0 saturated heterocycles. The van der Waals surface area contributed by atoms with Crippen LogP contribution in [0.15, 0.2) is 48.5 Å². The molecule has 0 radical (unpaired) electrons. The van der Waals surface area contributed by atoms with Gasteiger partial charge < -0.3 is 15.0 Å². The van der Waals surface area contributed by atoms with Crippen molar-refractivity contribution in [2.45, 2.75) is 6.61 Å². The third-order valence-corrected chi connectivity index (χ3v) is 2.98. The van der Waals surface area contributed by atoms with E-state index < -0.39 is 6.61 Å². The quantitative estimate of drug-likeness (QED) is 0.917. The molecule has 6 heteroatoms. The number of amides is 1. The van der Waals surface area contributed by atoms with Crippen molar-refractivity contribution >= 4 is 17.3 Å². The first-order valence-electron chi connectivity index (χ1n) is 6.59. The SMILES string of the molecule is CN(C)c1ccc(C(=O)Nc2ccc(OC(F)F)cc2)cc1. The van der Waals surface area contributed by atoms with Crippen LogP contribution in [0.2, 0.25) is 0 Å². The number of ether oxygens (including phenoxy) is 1. The van der Waals surface area contributed by atoms with Crippen molar-refractivity contribution in [2.24, 2.45) is 0 Å². The molecule has 0 aliphatic heterocycles. The molecule has 2 aromatic carbocycles. The predicted octanol–water partition coefficient (Wildman–Crippen LogP) is 3.61. The van der Waals surface area contributed by atoms with E-state index in [1.807, 2.05) is 31.1 Å². The summed E-state index contributed by atoms with van der Waals surface area (Å²) in [6, 6.07) is 12.9. The Hall–Kier alpha value is -2.63. The van der Waals surface area contributed by atoms with Crippen LogP contribution in [0.4, 0.5) is 20.2 Å². The molecule has 0 saturated carbocycles. The van der Waals surface area contributed by atoms with Gasteiger partial charge in [0.1, 0.15) is 5.75 Å². The van der Waals surface area contributed by atoms with Gasteiger partial charge in [0.2, 0.25) is 0 Å². The Balaban J connectivity index is 2.02. The fourth-order valence-electron chi connectivity index (χ4n) is 1.83. The highest BCUT2D eigenvalue weighted by atomic mass is 19.3. The topological polar surface area (TPSA) is 41.6 Å². The van der Waals surface area contributed by atoms with Crippen LogP contribution in [-0.2, 0) is 0 Å². The van der Waals surface area contributed by atoms with E-state index in [0.29, 0.717) is 11.3 Å². The molecule has 0 spiro atoms. The number of anilines is 2. The summed E-state index contributed by atoms with van der Waals surface area (Å²) in [6.07, 6.45) is 0. The molecule has 0 aliphatic carbocycles. The highest BCUT2D eigenvalue weighted by molar-refractivity contribution is 6.04. The van der Waals surface area contributed by atoms with E-state index in [1.165, 1.54) is 24.3 Å². The standard InChI is InChI=1S/C16H16F2N2O2/c1-20(2)13-7-3-11(4-8-13)15(21)19-12-5-9-14(10-6-12)22-16(17)18/h3-10,16H,1-2H3,(H,19,21). The van der Waals surface area contributed by atoms with Crippen molar-refractivity contribution in [2.75, 3.05) is 24.3 Å². The number of carbonyl (C=O) groups excluding carboxylic acids is 1. The Labute approximate surface area is 127 Å². The predicted molar refractivity (Wildman–Crippen MR) is 81.8 cm³/mol. The van der Waals surface area contributed by atoms with Gasteiger partial charge in [-0.2, -0.15) is 8.78 Å². The van der Waals surface area contributed by atoms with Crippen molar-refractivity contribution in [1.29, 1.82) is 0 Å². The average Bonchev–Trinajstić information content (AvgIpc) is 2.49. The molecule has 0 atom stereocenters. The lowest BCUT2D eigenvalue weighted by atomic mass is 10.2. The monoisotopic (exact) mass is 306 g/mol. The van der Waals surface area contributed by atoms with E-state index in [2.05, 4.69) is 10.1 Å². The van der Waals surface area contributed by atoms with E-state index >= 15 is 0 Å². The maximum absolute atomic E-state index is 12.1. The number of hydrogen-bond donors (Lipinski definition) is 1. The van der Waals surface area contributed by atoms with Gasteiger partial charge in [0.05, 0.1) is 0 Å². The number of carbonyl (C=O) groups is 1. The number of benzene rings is 2. The second-order valence-electron chi connectivity index (χ2n) is 4.80. The van der Waals surface area contributed by atoms with E-state index in [-0.39, 0.29) is 11.7 Å². The lowest BCUT2D eigenvalue weighted by Gasteiger charge is -2.12. The van der Waals surface area contributed by atoms with Crippen LogP contribution in [0.25, 0.3) is 0 Å². The second kappa shape index (κ2) is 6.89. The minimum Gasteiger partial charge on any atom is -0.435 e. The van der Waals surface area contributed by atoms with Crippen molar-refractivity contribution in [3.63, 3.8) is 0 Å². The second-order valence-corrected chi connectivity index (χ2v) is 4.80. The number of alkyl halides is 2. The van der Waals surface area contributed by atoms with Gasteiger partial charge in [-0.25, -0.2) is 0 Å². The molecule has 22 heavy (non-hydrogen) atoms. The summed E-state index contributed by atoms with van der Waals surface area (Å²) in [6.45, 7) is -2.87. The molecular weight excluding hydrogens is 290 g/mol. The highest BCUT2D eigenvalue weighted by Gasteiger charge is 2.08. The first kappa shape index (κ1) is 15.8. The minimum absolute atomic E-state index is 0.0448. The summed E-state index contributed by atoms with van der Waals surface area (Å²) in [4.78, 5) is 14.0. The molecule has 1 N–H and O–H groups in total. The van der Waals surface area contributed by atoms with Crippen LogP contribution >= 0.6 is 0 Å². The highest BCUT2D eigenvalue weighted by Crippen LogP contribution is 2.19. The van der Waals surface area contributed by atoms with Gasteiger partial charge >= 0.3 is 6.61 Å². The minimum atomic E-state index is -2.87. The number of hydrogen-bond acceptors (Lipinski definition) is 3. The summed E-state index contributed by atoms with van der Waals surface area (Å²) in [5.41, 5.74) is 2.01. The van der Waals surface area contributed by atoms with Gasteiger partial charge in [-0.05, 0) is 48.5 Å². The zero-order chi connectivity index (χ0) is 16.1. The molecule has 0 aromatic heterocycles. The van der Waals surface area contributed by atoms with Gasteiger partial charge in [0.25, 0.3) is 5.91 Å². The molecule has 4 nitrogen and oxygen atoms in total. The van der Waals surface area contributed by atoms with Crippen LogP contribution in [0.3, 0.4) is 0 Å². The smallest absolute Gasteiger partial charge is 0.387 e. The first-order valence-corrected chi connectivity index (χ1v) is 6.59. The summed E-state index contributed by atoms with van der Waals surface area (Å²) >= 11 is 0. The van der Waals surface area contributed by atoms with Crippen LogP contribution < -0.4 is 15.0 Å². The number of nitrogens with zero attached hydrogens (tertiary/aromatic N) is 1. The fraction of sp³-hybridized carbons (Fsp3) is 0.188. The van der Waals surface area contributed by atoms with Crippen LogP contribution in [0.1, 0.15) is 10.4 Å². The number of nitrogens with one attached hydrogen (secondary N) is 1. The average molecular weight is 306 g/mol. The van der Waals surface area contributed by atoms with Crippen molar-refractivity contribution < 1.29 is 18.3 Å². The third kappa shape index (κ3) is 4.18. The fourth-order valence-corrected chi connectivity index (χ4v) is 1.83. The molecule has 1 amide bonds. The van der Waals surface area contributed by atoms with Gasteiger partial charge in [0, 0.05) is 31.0 Å². The lowest BCUT2D eigenvalue weighted by molar-refractivity contribution is -0.0498. The van der Waals surface area contributed by atoms with Gasteiger partial charge in [0.15, 0.2) is 0 Å². The summed E-state index contributed by atoms with van der Waals surface area (Å²) in [7, 11) is 3.83. The Morgan fingerprint density at radius 2 is 1.64 bits per heavy atom. The van der Waals surface area contributed by atoms with Crippen LogP contribution in [0.5, 0.6) is 5.75 Å². The number of halogens is 2. The first-order chi connectivity index (χ1) is 10.5. The Kier molecular flexibility index (Phi) is 4.93.